The first-order valence-corrected chi connectivity index (χ1v) is 7.44. The van der Waals surface area contributed by atoms with Gasteiger partial charge in [0, 0.05) is 23.8 Å². The highest BCUT2D eigenvalue weighted by molar-refractivity contribution is 6.30. The summed E-state index contributed by atoms with van der Waals surface area (Å²) in [6, 6.07) is 3.51. The first-order chi connectivity index (χ1) is 9.99. The van der Waals surface area contributed by atoms with Crippen LogP contribution < -0.4 is 5.32 Å². The molecule has 0 saturated heterocycles. The Morgan fingerprint density at radius 2 is 2.19 bits per heavy atom. The minimum Gasteiger partial charge on any atom is -0.351 e. The molecule has 21 heavy (non-hydrogen) atoms. The van der Waals surface area contributed by atoms with Crippen LogP contribution in [0.4, 0.5) is 0 Å². The Morgan fingerprint density at radius 3 is 2.90 bits per heavy atom. The predicted molar refractivity (Wildman–Crippen MR) is 85.1 cm³/mol. The number of carbonyl (C=O) groups excluding carboxylic acids is 1. The van der Waals surface area contributed by atoms with E-state index < -0.39 is 0 Å². The number of nitrogens with zero attached hydrogens (tertiary/aromatic N) is 3. The van der Waals surface area contributed by atoms with Gasteiger partial charge in [0.15, 0.2) is 0 Å². The van der Waals surface area contributed by atoms with Gasteiger partial charge in [-0.1, -0.05) is 11.6 Å². The number of pyridine rings is 1. The summed E-state index contributed by atoms with van der Waals surface area (Å²) < 4.78 is 1.77. The third-order valence-electron chi connectivity index (χ3n) is 3.30. The zero-order valence-corrected chi connectivity index (χ0v) is 13.4. The zero-order chi connectivity index (χ0) is 15.4. The van der Waals surface area contributed by atoms with E-state index in [0.29, 0.717) is 28.6 Å². The summed E-state index contributed by atoms with van der Waals surface area (Å²) in [6.45, 7) is 3.54. The first-order valence-electron chi connectivity index (χ1n) is 7.06. The van der Waals surface area contributed by atoms with Crippen molar-refractivity contribution in [1.29, 1.82) is 0 Å². The summed E-state index contributed by atoms with van der Waals surface area (Å²) in [5.74, 6) is -0.0906. The van der Waals surface area contributed by atoms with Gasteiger partial charge in [-0.25, -0.2) is 4.98 Å². The molecule has 0 bridgehead atoms. The highest BCUT2D eigenvalue weighted by atomic mass is 35.5. The van der Waals surface area contributed by atoms with E-state index >= 15 is 0 Å². The maximum absolute atomic E-state index is 12.3. The molecular formula is C15H21ClN4O. The quantitative estimate of drug-likeness (QED) is 0.834. The number of imidazole rings is 1. The number of carbonyl (C=O) groups is 1. The zero-order valence-electron chi connectivity index (χ0n) is 12.7. The van der Waals surface area contributed by atoms with Crippen LogP contribution in [0.2, 0.25) is 5.02 Å². The fraction of sp³-hybridized carbons (Fsp3) is 0.467. The molecular weight excluding hydrogens is 288 g/mol. The Labute approximate surface area is 129 Å². The molecule has 2 heterocycles. The summed E-state index contributed by atoms with van der Waals surface area (Å²) in [7, 11) is 4.09. The Balaban J connectivity index is 2.01. The van der Waals surface area contributed by atoms with Crippen molar-refractivity contribution < 1.29 is 4.79 Å². The van der Waals surface area contributed by atoms with Crippen molar-refractivity contribution in [2.45, 2.75) is 19.8 Å². The maximum atomic E-state index is 12.3. The molecule has 6 heteroatoms. The van der Waals surface area contributed by atoms with Gasteiger partial charge < -0.3 is 10.2 Å². The fourth-order valence-corrected chi connectivity index (χ4v) is 2.40. The Kier molecular flexibility index (Phi) is 5.20. The monoisotopic (exact) mass is 308 g/mol. The van der Waals surface area contributed by atoms with Gasteiger partial charge in [0.2, 0.25) is 0 Å². The molecule has 0 aliphatic rings. The van der Waals surface area contributed by atoms with Crippen LogP contribution in [0.3, 0.4) is 0 Å². The van der Waals surface area contributed by atoms with Crippen LogP contribution in [-0.2, 0) is 0 Å². The van der Waals surface area contributed by atoms with Crippen molar-refractivity contribution in [3.05, 3.63) is 34.7 Å². The fourth-order valence-electron chi connectivity index (χ4n) is 2.25. The molecule has 0 aliphatic heterocycles. The van der Waals surface area contributed by atoms with Gasteiger partial charge in [0.25, 0.3) is 5.91 Å². The molecule has 0 saturated carbocycles. The summed E-state index contributed by atoms with van der Waals surface area (Å²) >= 11 is 5.95. The molecule has 0 aliphatic carbocycles. The van der Waals surface area contributed by atoms with Crippen molar-refractivity contribution in [3.63, 3.8) is 0 Å². The smallest absolute Gasteiger partial charge is 0.270 e. The lowest BCUT2D eigenvalue weighted by Crippen LogP contribution is -2.27. The van der Waals surface area contributed by atoms with E-state index in [1.54, 1.807) is 22.7 Å². The molecule has 5 nitrogen and oxygen atoms in total. The van der Waals surface area contributed by atoms with Gasteiger partial charge >= 0.3 is 0 Å². The van der Waals surface area contributed by atoms with Crippen LogP contribution in [-0.4, -0.2) is 47.4 Å². The lowest BCUT2D eigenvalue weighted by Gasteiger charge is -2.09. The minimum atomic E-state index is -0.0906. The largest absolute Gasteiger partial charge is 0.351 e. The van der Waals surface area contributed by atoms with E-state index in [1.165, 1.54) is 0 Å². The average molecular weight is 309 g/mol. The molecule has 2 aromatic rings. The number of unbranched alkanes of at least 4 members (excludes halogenated alkanes) is 1. The van der Waals surface area contributed by atoms with E-state index in [4.69, 9.17) is 11.6 Å². The van der Waals surface area contributed by atoms with Crippen molar-refractivity contribution >= 4 is 23.2 Å². The van der Waals surface area contributed by atoms with Gasteiger partial charge in [-0.15, -0.1) is 0 Å². The topological polar surface area (TPSA) is 49.6 Å². The van der Waals surface area contributed by atoms with Gasteiger partial charge in [0.05, 0.1) is 5.69 Å². The van der Waals surface area contributed by atoms with E-state index in [9.17, 15) is 4.79 Å². The molecule has 0 atom stereocenters. The van der Waals surface area contributed by atoms with Gasteiger partial charge in [-0.3, -0.25) is 9.20 Å². The van der Waals surface area contributed by atoms with Crippen molar-refractivity contribution in [2.24, 2.45) is 0 Å². The number of hydrogen-bond donors (Lipinski definition) is 1. The van der Waals surface area contributed by atoms with Crippen LogP contribution in [0.25, 0.3) is 5.65 Å². The van der Waals surface area contributed by atoms with Crippen LogP contribution in [0.15, 0.2) is 18.3 Å². The Morgan fingerprint density at radius 1 is 1.43 bits per heavy atom. The number of amides is 1. The molecule has 0 fully saturated rings. The number of hydrogen-bond acceptors (Lipinski definition) is 3. The minimum absolute atomic E-state index is 0.0906. The molecule has 0 radical (unpaired) electrons. The highest BCUT2D eigenvalue weighted by Gasteiger charge is 2.16. The molecule has 2 rings (SSSR count). The normalized spacial score (nSPS) is 11.3. The van der Waals surface area contributed by atoms with Crippen molar-refractivity contribution in [1.82, 2.24) is 19.6 Å². The third kappa shape index (κ3) is 3.95. The number of rotatable bonds is 6. The predicted octanol–water partition coefficient (Wildman–Crippen LogP) is 2.37. The van der Waals surface area contributed by atoms with Crippen LogP contribution in [0, 0.1) is 6.92 Å². The standard InChI is InChI=1S/C15H21ClN4O/c1-11-14(15(21)17-7-4-5-8-19(2)3)20-9-6-12(16)10-13(20)18-11/h6,9-10H,4-5,7-8H2,1-3H3,(H,17,21). The van der Waals surface area contributed by atoms with E-state index in [2.05, 4.69) is 15.2 Å². The van der Waals surface area contributed by atoms with Gasteiger partial charge in [0.1, 0.15) is 11.3 Å². The number of aryl methyl sites for hydroxylation is 1. The summed E-state index contributed by atoms with van der Waals surface area (Å²) in [5, 5.41) is 3.57. The second kappa shape index (κ2) is 6.91. The molecule has 2 aromatic heterocycles. The SMILES string of the molecule is Cc1nc2cc(Cl)ccn2c1C(=O)NCCCCN(C)C. The van der Waals surface area contributed by atoms with Crippen molar-refractivity contribution in [2.75, 3.05) is 27.2 Å². The first kappa shape index (κ1) is 15.8. The van der Waals surface area contributed by atoms with E-state index in [0.717, 1.165) is 19.4 Å². The molecule has 1 amide bonds. The molecule has 0 spiro atoms. The van der Waals surface area contributed by atoms with Crippen LogP contribution >= 0.6 is 11.6 Å². The number of halogens is 1. The van der Waals surface area contributed by atoms with Gasteiger partial charge in [-0.05, 0) is 46.5 Å². The van der Waals surface area contributed by atoms with Crippen LogP contribution in [0.5, 0.6) is 0 Å². The lowest BCUT2D eigenvalue weighted by atomic mass is 10.2. The lowest BCUT2D eigenvalue weighted by molar-refractivity contribution is 0.0946. The van der Waals surface area contributed by atoms with Gasteiger partial charge in [-0.2, -0.15) is 0 Å². The number of nitrogens with one attached hydrogen (secondary N) is 1. The Bertz CT molecular complexity index is 636. The number of aromatic nitrogens is 2. The summed E-state index contributed by atoms with van der Waals surface area (Å²) in [4.78, 5) is 18.8. The number of fused-ring (bicyclic) bond motifs is 1. The van der Waals surface area contributed by atoms with Crippen LogP contribution in [0.1, 0.15) is 29.0 Å². The molecule has 0 unspecified atom stereocenters. The van der Waals surface area contributed by atoms with E-state index in [-0.39, 0.29) is 5.91 Å². The average Bonchev–Trinajstić information content (AvgIpc) is 2.72. The summed E-state index contributed by atoms with van der Waals surface area (Å²) in [6.07, 6.45) is 3.80. The molecule has 114 valence electrons. The highest BCUT2D eigenvalue weighted by Crippen LogP contribution is 2.16. The van der Waals surface area contributed by atoms with Crippen molar-refractivity contribution in [3.8, 4) is 0 Å². The van der Waals surface area contributed by atoms with E-state index in [1.807, 2.05) is 21.0 Å². The maximum Gasteiger partial charge on any atom is 0.270 e. The molecule has 1 N–H and O–H groups in total. The second-order valence-corrected chi connectivity index (χ2v) is 5.82. The second-order valence-electron chi connectivity index (χ2n) is 5.39. The summed E-state index contributed by atoms with van der Waals surface area (Å²) in [5.41, 5.74) is 1.98. The Hall–Kier alpha value is -1.59. The molecule has 0 aromatic carbocycles. The third-order valence-corrected chi connectivity index (χ3v) is 3.53.